The lowest BCUT2D eigenvalue weighted by molar-refractivity contribution is 0.120. The molecule has 2 N–H and O–H groups in total. The van der Waals surface area contributed by atoms with E-state index in [9.17, 15) is 4.79 Å². The molecule has 0 spiro atoms. The molecule has 6 rings (SSSR count). The number of amides is 1. The van der Waals surface area contributed by atoms with Crippen molar-refractivity contribution in [3.8, 4) is 22.5 Å². The number of rotatable bonds is 7. The van der Waals surface area contributed by atoms with Crippen molar-refractivity contribution in [2.24, 2.45) is 0 Å². The first-order valence-electron chi connectivity index (χ1n) is 12.8. The fraction of sp³-hybridized carbons (Fsp3) is 0.370. The van der Waals surface area contributed by atoms with Gasteiger partial charge in [0.25, 0.3) is 0 Å². The quantitative estimate of drug-likeness (QED) is 0.394. The van der Waals surface area contributed by atoms with Crippen LogP contribution in [-0.2, 0) is 11.3 Å². The van der Waals surface area contributed by atoms with Gasteiger partial charge in [-0.1, -0.05) is 6.07 Å². The lowest BCUT2D eigenvalue weighted by atomic mass is 10.0. The SMILES string of the molecule is CCOC(=O)Nc1nc2cc(-c3ccc(CN4CCN(C5CC5)CC4)nc3)cc(-c3ncccn3)c2[nH]1. The number of pyridine rings is 1. The van der Waals surface area contributed by atoms with Gasteiger partial charge in [-0.15, -0.1) is 0 Å². The Balaban J connectivity index is 1.25. The molecular formula is C27H30N8O2. The predicted molar refractivity (Wildman–Crippen MR) is 141 cm³/mol. The molecule has 2 fully saturated rings. The maximum atomic E-state index is 11.9. The van der Waals surface area contributed by atoms with Gasteiger partial charge in [0.2, 0.25) is 5.95 Å². The number of fused-ring (bicyclic) bond motifs is 1. The van der Waals surface area contributed by atoms with Crippen LogP contribution in [0.3, 0.4) is 0 Å². The molecule has 1 saturated heterocycles. The second kappa shape index (κ2) is 10.2. The molecule has 4 heterocycles. The minimum atomic E-state index is -0.562. The molecule has 0 unspecified atom stereocenters. The van der Waals surface area contributed by atoms with Crippen LogP contribution in [0.15, 0.2) is 48.9 Å². The monoisotopic (exact) mass is 498 g/mol. The van der Waals surface area contributed by atoms with Crippen molar-refractivity contribution in [3.05, 3.63) is 54.6 Å². The molecule has 4 aromatic rings. The van der Waals surface area contributed by atoms with E-state index in [0.717, 1.165) is 66.7 Å². The van der Waals surface area contributed by atoms with Crippen molar-refractivity contribution in [2.45, 2.75) is 32.4 Å². The molecule has 0 atom stereocenters. The summed E-state index contributed by atoms with van der Waals surface area (Å²) in [4.78, 5) is 38.4. The van der Waals surface area contributed by atoms with Crippen LogP contribution in [0.25, 0.3) is 33.5 Å². The maximum Gasteiger partial charge on any atom is 0.413 e. The van der Waals surface area contributed by atoms with Crippen molar-refractivity contribution in [1.82, 2.24) is 34.7 Å². The zero-order valence-corrected chi connectivity index (χ0v) is 20.9. The molecule has 1 saturated carbocycles. The number of imidazole rings is 1. The average molecular weight is 499 g/mol. The first-order chi connectivity index (χ1) is 18.2. The molecule has 10 nitrogen and oxygen atoms in total. The number of anilines is 1. The Kier molecular flexibility index (Phi) is 6.50. The van der Waals surface area contributed by atoms with Crippen molar-refractivity contribution >= 4 is 23.1 Å². The number of aromatic nitrogens is 5. The van der Waals surface area contributed by atoms with Crippen LogP contribution >= 0.6 is 0 Å². The molecular weight excluding hydrogens is 468 g/mol. The summed E-state index contributed by atoms with van der Waals surface area (Å²) in [6, 6.07) is 10.8. The van der Waals surface area contributed by atoms with E-state index >= 15 is 0 Å². The third-order valence-corrected chi connectivity index (χ3v) is 6.91. The number of carbonyl (C=O) groups excluding carboxylic acids is 1. The van der Waals surface area contributed by atoms with Gasteiger partial charge >= 0.3 is 6.09 Å². The molecule has 1 aliphatic heterocycles. The van der Waals surface area contributed by atoms with Gasteiger partial charge in [0.05, 0.1) is 23.3 Å². The van der Waals surface area contributed by atoms with Gasteiger partial charge in [0, 0.05) is 68.5 Å². The third-order valence-electron chi connectivity index (χ3n) is 6.91. The second-order valence-electron chi connectivity index (χ2n) is 9.50. The molecule has 0 bridgehead atoms. The molecule has 190 valence electrons. The number of aromatic amines is 1. The highest BCUT2D eigenvalue weighted by Crippen LogP contribution is 2.32. The van der Waals surface area contributed by atoms with E-state index in [1.54, 1.807) is 25.4 Å². The second-order valence-corrected chi connectivity index (χ2v) is 9.50. The smallest absolute Gasteiger partial charge is 0.413 e. The summed E-state index contributed by atoms with van der Waals surface area (Å²) < 4.78 is 4.98. The van der Waals surface area contributed by atoms with Crippen molar-refractivity contribution < 1.29 is 9.53 Å². The Labute approximate surface area is 215 Å². The van der Waals surface area contributed by atoms with E-state index < -0.39 is 6.09 Å². The normalized spacial score (nSPS) is 16.7. The maximum absolute atomic E-state index is 11.9. The van der Waals surface area contributed by atoms with Crippen LogP contribution in [0, 0.1) is 0 Å². The van der Waals surface area contributed by atoms with E-state index in [0.29, 0.717) is 17.3 Å². The predicted octanol–water partition coefficient (Wildman–Crippen LogP) is 3.93. The summed E-state index contributed by atoms with van der Waals surface area (Å²) in [5.74, 6) is 0.869. The van der Waals surface area contributed by atoms with Crippen molar-refractivity contribution in [1.29, 1.82) is 0 Å². The van der Waals surface area contributed by atoms with Crippen LogP contribution in [0.5, 0.6) is 0 Å². The molecule has 1 aliphatic carbocycles. The van der Waals surface area contributed by atoms with Crippen LogP contribution in [0.2, 0.25) is 0 Å². The van der Waals surface area contributed by atoms with E-state index in [4.69, 9.17) is 9.72 Å². The number of nitrogens with zero attached hydrogens (tertiary/aromatic N) is 6. The highest BCUT2D eigenvalue weighted by molar-refractivity contribution is 5.96. The van der Waals surface area contributed by atoms with E-state index in [1.807, 2.05) is 18.3 Å². The van der Waals surface area contributed by atoms with E-state index in [1.165, 1.54) is 12.8 Å². The minimum Gasteiger partial charge on any atom is -0.450 e. The standard InChI is InChI=1S/C27H30N8O2/c1-2-37-27(36)33-26-31-23-15-19(14-22(24(23)32-26)25-28-8-3-9-29-25)18-4-5-20(30-16-18)17-34-10-12-35(13-11-34)21-6-7-21/h3-5,8-9,14-16,21H,2,6-7,10-13,17H2,1H3,(H2,31,32,33,36). The molecule has 1 amide bonds. The van der Waals surface area contributed by atoms with Gasteiger partial charge in [-0.2, -0.15) is 0 Å². The Morgan fingerprint density at radius 2 is 1.89 bits per heavy atom. The summed E-state index contributed by atoms with van der Waals surface area (Å²) >= 11 is 0. The number of carbonyl (C=O) groups is 1. The zero-order valence-electron chi connectivity index (χ0n) is 20.9. The molecule has 2 aliphatic rings. The molecule has 37 heavy (non-hydrogen) atoms. The van der Waals surface area contributed by atoms with Crippen LogP contribution < -0.4 is 5.32 Å². The first-order valence-corrected chi connectivity index (χ1v) is 12.8. The van der Waals surface area contributed by atoms with Crippen LogP contribution in [0.1, 0.15) is 25.5 Å². The van der Waals surface area contributed by atoms with Gasteiger partial charge < -0.3 is 9.72 Å². The summed E-state index contributed by atoms with van der Waals surface area (Å²) in [7, 11) is 0. The summed E-state index contributed by atoms with van der Waals surface area (Å²) in [6.45, 7) is 7.40. The Bertz CT molecular complexity index is 1380. The zero-order chi connectivity index (χ0) is 25.2. The number of hydrogen-bond donors (Lipinski definition) is 2. The fourth-order valence-corrected chi connectivity index (χ4v) is 4.86. The van der Waals surface area contributed by atoms with Gasteiger partial charge in [0.1, 0.15) is 0 Å². The van der Waals surface area contributed by atoms with Gasteiger partial charge in [-0.05, 0) is 49.6 Å². The Morgan fingerprint density at radius 1 is 1.08 bits per heavy atom. The summed E-state index contributed by atoms with van der Waals surface area (Å²) in [5, 5.41) is 2.64. The van der Waals surface area contributed by atoms with Gasteiger partial charge in [-0.3, -0.25) is 20.1 Å². The summed E-state index contributed by atoms with van der Waals surface area (Å²) in [6.07, 6.45) is 7.50. The molecule has 0 radical (unpaired) electrons. The molecule has 1 aromatic carbocycles. The highest BCUT2D eigenvalue weighted by atomic mass is 16.5. The number of ether oxygens (including phenoxy) is 1. The number of hydrogen-bond acceptors (Lipinski definition) is 8. The number of benzene rings is 1. The summed E-state index contributed by atoms with van der Waals surface area (Å²) in [5.41, 5.74) is 5.19. The van der Waals surface area contributed by atoms with Crippen LogP contribution in [-0.4, -0.2) is 79.6 Å². The Morgan fingerprint density at radius 3 is 2.59 bits per heavy atom. The minimum absolute atomic E-state index is 0.277. The lowest BCUT2D eigenvalue weighted by Gasteiger charge is -2.34. The number of piperazine rings is 1. The fourth-order valence-electron chi connectivity index (χ4n) is 4.86. The van der Waals surface area contributed by atoms with Gasteiger partial charge in [-0.25, -0.2) is 19.7 Å². The van der Waals surface area contributed by atoms with Crippen LogP contribution in [0.4, 0.5) is 10.7 Å². The average Bonchev–Trinajstić information content (AvgIpc) is 3.69. The topological polar surface area (TPSA) is 112 Å². The number of nitrogens with one attached hydrogen (secondary N) is 2. The van der Waals surface area contributed by atoms with Gasteiger partial charge in [0.15, 0.2) is 5.82 Å². The Hall–Kier alpha value is -3.89. The van der Waals surface area contributed by atoms with E-state index in [-0.39, 0.29) is 6.61 Å². The third kappa shape index (κ3) is 5.30. The molecule has 3 aromatic heterocycles. The lowest BCUT2D eigenvalue weighted by Crippen LogP contribution is -2.46. The highest BCUT2D eigenvalue weighted by Gasteiger charge is 2.31. The first kappa shape index (κ1) is 23.5. The number of H-pyrrole nitrogens is 1. The van der Waals surface area contributed by atoms with Crippen molar-refractivity contribution in [2.75, 3.05) is 38.1 Å². The largest absolute Gasteiger partial charge is 0.450 e. The molecule has 10 heteroatoms. The van der Waals surface area contributed by atoms with Crippen molar-refractivity contribution in [3.63, 3.8) is 0 Å². The van der Waals surface area contributed by atoms with E-state index in [2.05, 4.69) is 47.2 Å².